The average molecular weight is 671 g/mol. The van der Waals surface area contributed by atoms with Crippen LogP contribution in [0.4, 0.5) is 0 Å². The molecular weight excluding hydrogens is 638 g/mol. The van der Waals surface area contributed by atoms with Gasteiger partial charge in [-0.15, -0.1) is 0 Å². The Morgan fingerprint density at radius 2 is 1.86 bits per heavy atom. The molecule has 1 aliphatic rings. The van der Waals surface area contributed by atoms with Crippen molar-refractivity contribution in [2.75, 3.05) is 13.7 Å². The molecule has 0 saturated heterocycles. The minimum absolute atomic E-state index is 0.205. The third-order valence-corrected chi connectivity index (χ3v) is 9.19. The number of nitrogens with zero attached hydrogens (tertiary/aromatic N) is 3. The molecule has 3 heterocycles. The first-order chi connectivity index (χ1) is 21.4. The van der Waals surface area contributed by atoms with E-state index in [9.17, 15) is 9.59 Å². The zero-order chi connectivity index (χ0) is 30.8. The number of benzene rings is 3. The minimum atomic E-state index is -0.692. The number of thiazole rings is 1. The molecule has 1 atom stereocenters. The van der Waals surface area contributed by atoms with E-state index in [0.29, 0.717) is 39.3 Å². The van der Waals surface area contributed by atoms with Crippen molar-refractivity contribution in [1.82, 2.24) is 9.13 Å². The molecule has 1 aliphatic heterocycles. The highest BCUT2D eigenvalue weighted by Crippen LogP contribution is 2.34. The second-order valence-electron chi connectivity index (χ2n) is 10.5. The van der Waals surface area contributed by atoms with E-state index in [1.165, 1.54) is 16.9 Å². The lowest BCUT2D eigenvalue weighted by Crippen LogP contribution is -2.40. The van der Waals surface area contributed by atoms with E-state index in [1.54, 1.807) is 18.6 Å². The highest BCUT2D eigenvalue weighted by Gasteiger charge is 2.34. The lowest BCUT2D eigenvalue weighted by atomic mass is 9.94. The number of para-hydroxylation sites is 1. The minimum Gasteiger partial charge on any atom is -0.497 e. The molecule has 0 spiro atoms. The Kier molecular flexibility index (Phi) is 8.68. The van der Waals surface area contributed by atoms with Gasteiger partial charge in [0.2, 0.25) is 0 Å². The van der Waals surface area contributed by atoms with Crippen molar-refractivity contribution in [3.05, 3.63) is 131 Å². The Balaban J connectivity index is 1.54. The lowest BCUT2D eigenvalue weighted by molar-refractivity contribution is -0.139. The van der Waals surface area contributed by atoms with Crippen molar-refractivity contribution in [3.8, 4) is 5.75 Å². The molecule has 0 amide bonds. The quantitative estimate of drug-likeness (QED) is 0.171. The molecule has 0 unspecified atom stereocenters. The molecule has 44 heavy (non-hydrogen) atoms. The average Bonchev–Trinajstić information content (AvgIpc) is 3.54. The van der Waals surface area contributed by atoms with Gasteiger partial charge < -0.3 is 14.0 Å². The van der Waals surface area contributed by atoms with Gasteiger partial charge in [-0.2, -0.15) is 0 Å². The van der Waals surface area contributed by atoms with Crippen LogP contribution < -0.4 is 19.6 Å². The molecule has 0 fully saturated rings. The Morgan fingerprint density at radius 3 is 2.61 bits per heavy atom. The van der Waals surface area contributed by atoms with Gasteiger partial charge in [-0.1, -0.05) is 83.1 Å². The van der Waals surface area contributed by atoms with Gasteiger partial charge in [-0.3, -0.25) is 9.36 Å². The number of hydrogen-bond acceptors (Lipinski definition) is 6. The molecule has 0 bridgehead atoms. The van der Waals surface area contributed by atoms with Crippen LogP contribution in [0.3, 0.4) is 0 Å². The maximum Gasteiger partial charge on any atom is 0.338 e. The molecule has 7 nitrogen and oxygen atoms in total. The van der Waals surface area contributed by atoms with Crippen LogP contribution >= 0.6 is 27.3 Å². The van der Waals surface area contributed by atoms with Crippen LogP contribution in [0.2, 0.25) is 0 Å². The Bertz CT molecular complexity index is 2070. The maximum absolute atomic E-state index is 14.3. The van der Waals surface area contributed by atoms with E-state index in [1.807, 2.05) is 61.5 Å². The number of rotatable bonds is 9. The number of halogens is 1. The zero-order valence-electron chi connectivity index (χ0n) is 24.7. The first kappa shape index (κ1) is 29.8. The van der Waals surface area contributed by atoms with Gasteiger partial charge >= 0.3 is 5.97 Å². The number of carbonyl (C=O) groups is 1. The van der Waals surface area contributed by atoms with Crippen LogP contribution in [-0.2, 0) is 16.1 Å². The number of esters is 1. The number of allylic oxidation sites excluding steroid dienone is 1. The number of ether oxygens (including phenoxy) is 2. The van der Waals surface area contributed by atoms with Gasteiger partial charge in [0.05, 0.1) is 35.6 Å². The molecule has 0 aliphatic carbocycles. The van der Waals surface area contributed by atoms with Crippen molar-refractivity contribution < 1.29 is 14.3 Å². The van der Waals surface area contributed by atoms with Crippen LogP contribution in [0.25, 0.3) is 17.0 Å². The van der Waals surface area contributed by atoms with Crippen LogP contribution in [0.1, 0.15) is 49.4 Å². The number of hydrogen-bond donors (Lipinski definition) is 0. The summed E-state index contributed by atoms with van der Waals surface area (Å²) in [5, 5.41) is 1.05. The maximum atomic E-state index is 14.3. The second kappa shape index (κ2) is 12.8. The molecule has 0 N–H and O–H groups in total. The van der Waals surface area contributed by atoms with Gasteiger partial charge in [0.15, 0.2) is 4.80 Å². The fourth-order valence-electron chi connectivity index (χ4n) is 5.70. The monoisotopic (exact) mass is 669 g/mol. The van der Waals surface area contributed by atoms with Gasteiger partial charge in [0.25, 0.3) is 5.56 Å². The fraction of sp³-hybridized carbons (Fsp3) is 0.229. The van der Waals surface area contributed by atoms with Gasteiger partial charge in [0, 0.05) is 33.7 Å². The molecule has 6 rings (SSSR count). The Labute approximate surface area is 267 Å². The highest BCUT2D eigenvalue weighted by molar-refractivity contribution is 9.10. The van der Waals surface area contributed by atoms with E-state index < -0.39 is 12.0 Å². The smallest absolute Gasteiger partial charge is 0.338 e. The van der Waals surface area contributed by atoms with Gasteiger partial charge in [-0.25, -0.2) is 9.79 Å². The summed E-state index contributed by atoms with van der Waals surface area (Å²) in [6.07, 6.45) is 5.42. The summed E-state index contributed by atoms with van der Waals surface area (Å²) in [4.78, 5) is 33.2. The number of carbonyl (C=O) groups excluding carboxylic acids is 1. The van der Waals surface area contributed by atoms with Crippen molar-refractivity contribution in [3.63, 3.8) is 0 Å². The summed E-state index contributed by atoms with van der Waals surface area (Å²) in [5.41, 5.74) is 4.80. The van der Waals surface area contributed by atoms with Crippen molar-refractivity contribution in [2.24, 2.45) is 4.99 Å². The Morgan fingerprint density at radius 1 is 1.07 bits per heavy atom. The first-order valence-electron chi connectivity index (χ1n) is 14.6. The van der Waals surface area contributed by atoms with Gasteiger partial charge in [0.1, 0.15) is 5.75 Å². The molecule has 3 aromatic carbocycles. The van der Waals surface area contributed by atoms with Gasteiger partial charge in [-0.05, 0) is 60.9 Å². The zero-order valence-corrected chi connectivity index (χ0v) is 27.2. The number of methoxy groups -OCH3 is 1. The van der Waals surface area contributed by atoms with Crippen LogP contribution in [0.15, 0.2) is 105 Å². The number of aromatic nitrogens is 2. The van der Waals surface area contributed by atoms with Crippen molar-refractivity contribution in [1.29, 1.82) is 0 Å². The van der Waals surface area contributed by atoms with E-state index >= 15 is 0 Å². The molecule has 9 heteroatoms. The standard InChI is InChI=1S/C35H32BrN3O4S/c1-4-9-28-31(34(41)43-5-2)32(23-10-8-11-26(18-23)42-3)39-33(40)30(44-35(39)37-28)19-24-21-38(29-13-7-6-12-27(24)29)20-22-14-16-25(36)17-15-22/h6-8,10-19,21,32H,4-5,9,20H2,1-3H3/b30-19+/t32-/m1/s1. The molecule has 0 saturated carbocycles. The number of fused-ring (bicyclic) bond motifs is 2. The predicted molar refractivity (Wildman–Crippen MR) is 178 cm³/mol. The fourth-order valence-corrected chi connectivity index (χ4v) is 6.97. The molecule has 0 radical (unpaired) electrons. The van der Waals surface area contributed by atoms with E-state index in [0.717, 1.165) is 32.9 Å². The predicted octanol–water partition coefficient (Wildman–Crippen LogP) is 6.35. The molecule has 5 aromatic rings. The molecular formula is C35H32BrN3O4S. The second-order valence-corrected chi connectivity index (χ2v) is 12.5. The van der Waals surface area contributed by atoms with E-state index in [-0.39, 0.29) is 12.2 Å². The highest BCUT2D eigenvalue weighted by atomic mass is 79.9. The third-order valence-electron chi connectivity index (χ3n) is 7.67. The SMILES string of the molecule is CCCC1=C(C(=O)OCC)[C@@H](c2cccc(OC)c2)n2c(s/c(=C/c3cn(Cc4ccc(Br)cc4)c4ccccc34)c2=O)=N1. The largest absolute Gasteiger partial charge is 0.497 e. The summed E-state index contributed by atoms with van der Waals surface area (Å²) in [7, 11) is 1.60. The van der Waals surface area contributed by atoms with E-state index in [2.05, 4.69) is 51.0 Å². The Hall–Kier alpha value is -4.21. The summed E-state index contributed by atoms with van der Waals surface area (Å²) in [6.45, 7) is 4.75. The summed E-state index contributed by atoms with van der Waals surface area (Å²) in [6, 6.07) is 23.3. The summed E-state index contributed by atoms with van der Waals surface area (Å²) >= 11 is 4.86. The lowest BCUT2D eigenvalue weighted by Gasteiger charge is -2.26. The van der Waals surface area contributed by atoms with Crippen LogP contribution in [-0.4, -0.2) is 28.8 Å². The van der Waals surface area contributed by atoms with Crippen molar-refractivity contribution >= 4 is 50.2 Å². The van der Waals surface area contributed by atoms with Crippen molar-refractivity contribution in [2.45, 2.75) is 39.3 Å². The first-order valence-corrected chi connectivity index (χ1v) is 16.2. The van der Waals surface area contributed by atoms with Crippen LogP contribution in [0, 0.1) is 0 Å². The third kappa shape index (κ3) is 5.69. The molecule has 224 valence electrons. The summed E-state index contributed by atoms with van der Waals surface area (Å²) < 4.78 is 16.4. The summed E-state index contributed by atoms with van der Waals surface area (Å²) in [5.74, 6) is 0.179. The van der Waals surface area contributed by atoms with Crippen LogP contribution in [0.5, 0.6) is 5.75 Å². The molecule has 2 aromatic heterocycles. The topological polar surface area (TPSA) is 74.8 Å². The van der Waals surface area contributed by atoms with E-state index in [4.69, 9.17) is 14.5 Å². The normalized spacial score (nSPS) is 14.9.